The van der Waals surface area contributed by atoms with Gasteiger partial charge in [-0.25, -0.2) is 0 Å². The fourth-order valence-electron chi connectivity index (χ4n) is 2.67. The third kappa shape index (κ3) is 4.27. The molecule has 0 aromatic heterocycles. The molecule has 2 nitrogen and oxygen atoms in total. The summed E-state index contributed by atoms with van der Waals surface area (Å²) in [5.41, 5.74) is 2.97. The second-order valence-corrected chi connectivity index (χ2v) is 6.61. The van der Waals surface area contributed by atoms with Gasteiger partial charge in [0.15, 0.2) is 0 Å². The Morgan fingerprint density at radius 3 is 2.75 bits per heavy atom. The van der Waals surface area contributed by atoms with Crippen LogP contribution in [-0.2, 0) is 17.6 Å². The van der Waals surface area contributed by atoms with Gasteiger partial charge in [0.2, 0.25) is 5.91 Å². The van der Waals surface area contributed by atoms with E-state index >= 15 is 0 Å². The van der Waals surface area contributed by atoms with Gasteiger partial charge in [0.05, 0.1) is 5.75 Å². The van der Waals surface area contributed by atoms with E-state index in [1.54, 1.807) is 11.8 Å². The monoisotopic (exact) mass is 291 g/mol. The minimum absolute atomic E-state index is 0.155. The summed E-state index contributed by atoms with van der Waals surface area (Å²) in [5.74, 6) is 1.30. The maximum absolute atomic E-state index is 11.9. The van der Waals surface area contributed by atoms with E-state index in [0.717, 1.165) is 19.4 Å². The molecule has 3 heteroatoms. The lowest BCUT2D eigenvalue weighted by atomic mass is 10.0. The Bertz CT molecular complexity index is 454. The van der Waals surface area contributed by atoms with E-state index in [-0.39, 0.29) is 5.91 Å². The molecule has 0 atom stereocenters. The van der Waals surface area contributed by atoms with Crippen LogP contribution in [0.15, 0.2) is 23.1 Å². The predicted octanol–water partition coefficient (Wildman–Crippen LogP) is 3.82. The van der Waals surface area contributed by atoms with Crippen LogP contribution in [0.3, 0.4) is 0 Å². The van der Waals surface area contributed by atoms with Crippen LogP contribution in [0.5, 0.6) is 0 Å². The normalized spacial score (nSPS) is 13.6. The van der Waals surface area contributed by atoms with Gasteiger partial charge in [-0.05, 0) is 48.4 Å². The van der Waals surface area contributed by atoms with Gasteiger partial charge in [-0.3, -0.25) is 4.79 Å². The molecule has 0 bridgehead atoms. The molecule has 1 aliphatic carbocycles. The van der Waals surface area contributed by atoms with Crippen LogP contribution in [-0.4, -0.2) is 18.2 Å². The Hall–Kier alpha value is -0.960. The first kappa shape index (κ1) is 15.4. The van der Waals surface area contributed by atoms with Gasteiger partial charge in [-0.1, -0.05) is 32.8 Å². The number of carbonyl (C=O) groups is 1. The number of fused-ring (bicyclic) bond motifs is 1. The van der Waals surface area contributed by atoms with Crippen molar-refractivity contribution < 1.29 is 4.79 Å². The summed E-state index contributed by atoms with van der Waals surface area (Å²) in [6.45, 7) is 5.18. The number of nitrogens with one attached hydrogen (secondary N) is 1. The van der Waals surface area contributed by atoms with Gasteiger partial charge in [0, 0.05) is 11.4 Å². The largest absolute Gasteiger partial charge is 0.355 e. The SMILES string of the molecule is CCC(CC)CNC(=O)CSc1ccc2c(c1)CCC2. The molecule has 0 spiro atoms. The van der Waals surface area contributed by atoms with Gasteiger partial charge in [-0.15, -0.1) is 11.8 Å². The molecule has 0 heterocycles. The molecule has 0 saturated carbocycles. The molecule has 0 aliphatic heterocycles. The van der Waals surface area contributed by atoms with Crippen LogP contribution in [0.4, 0.5) is 0 Å². The summed E-state index contributed by atoms with van der Waals surface area (Å²) in [4.78, 5) is 13.1. The number of amides is 1. The van der Waals surface area contributed by atoms with Crippen LogP contribution in [0.2, 0.25) is 0 Å². The van der Waals surface area contributed by atoms with Crippen molar-refractivity contribution in [3.05, 3.63) is 29.3 Å². The van der Waals surface area contributed by atoms with Crippen molar-refractivity contribution in [2.75, 3.05) is 12.3 Å². The highest BCUT2D eigenvalue weighted by molar-refractivity contribution is 8.00. The van der Waals surface area contributed by atoms with E-state index in [1.165, 1.54) is 35.3 Å². The van der Waals surface area contributed by atoms with Crippen molar-refractivity contribution in [2.45, 2.75) is 50.8 Å². The minimum Gasteiger partial charge on any atom is -0.355 e. The van der Waals surface area contributed by atoms with Crippen LogP contribution in [0.1, 0.15) is 44.2 Å². The molecule has 1 amide bonds. The summed E-state index contributed by atoms with van der Waals surface area (Å²) in [6.07, 6.45) is 5.96. The smallest absolute Gasteiger partial charge is 0.230 e. The van der Waals surface area contributed by atoms with Crippen LogP contribution in [0, 0.1) is 5.92 Å². The summed E-state index contributed by atoms with van der Waals surface area (Å²) in [5, 5.41) is 3.05. The van der Waals surface area contributed by atoms with Crippen molar-refractivity contribution in [1.82, 2.24) is 5.32 Å². The van der Waals surface area contributed by atoms with Gasteiger partial charge in [0.1, 0.15) is 0 Å². The van der Waals surface area contributed by atoms with Crippen molar-refractivity contribution >= 4 is 17.7 Å². The van der Waals surface area contributed by atoms with E-state index < -0.39 is 0 Å². The zero-order chi connectivity index (χ0) is 14.4. The number of hydrogen-bond donors (Lipinski definition) is 1. The standard InChI is InChI=1S/C17H25NOS/c1-3-13(4-2)11-18-17(19)12-20-16-9-8-14-6-5-7-15(14)10-16/h8-10,13H,3-7,11-12H2,1-2H3,(H,18,19). The maximum atomic E-state index is 11.9. The molecule has 110 valence electrons. The van der Waals surface area contributed by atoms with Gasteiger partial charge in [0.25, 0.3) is 0 Å². The lowest BCUT2D eigenvalue weighted by molar-refractivity contribution is -0.118. The number of carbonyl (C=O) groups excluding carboxylic acids is 1. The molecule has 1 aliphatic rings. The first-order chi connectivity index (χ1) is 9.72. The minimum atomic E-state index is 0.155. The third-order valence-corrected chi connectivity index (χ3v) is 5.18. The fourth-order valence-corrected chi connectivity index (χ4v) is 3.46. The Balaban J connectivity index is 1.76. The molecule has 0 saturated heterocycles. The molecule has 1 aromatic rings. The Morgan fingerprint density at radius 1 is 1.25 bits per heavy atom. The van der Waals surface area contributed by atoms with Crippen molar-refractivity contribution in [2.24, 2.45) is 5.92 Å². The van der Waals surface area contributed by atoms with E-state index in [9.17, 15) is 4.79 Å². The third-order valence-electron chi connectivity index (χ3n) is 4.18. The number of benzene rings is 1. The maximum Gasteiger partial charge on any atom is 0.230 e. The first-order valence-electron chi connectivity index (χ1n) is 7.74. The molecule has 0 fully saturated rings. The second kappa shape index (κ2) is 7.72. The van der Waals surface area contributed by atoms with Crippen LogP contribution < -0.4 is 5.32 Å². The predicted molar refractivity (Wildman–Crippen MR) is 86.3 cm³/mol. The molecule has 2 rings (SSSR count). The molecule has 0 radical (unpaired) electrons. The highest BCUT2D eigenvalue weighted by Gasteiger charge is 2.12. The molecule has 0 unspecified atom stereocenters. The number of rotatable bonds is 7. The Labute approximate surface area is 126 Å². The first-order valence-corrected chi connectivity index (χ1v) is 8.72. The quantitative estimate of drug-likeness (QED) is 0.774. The summed E-state index contributed by atoms with van der Waals surface area (Å²) < 4.78 is 0. The second-order valence-electron chi connectivity index (χ2n) is 5.56. The van der Waals surface area contributed by atoms with Crippen molar-refractivity contribution in [1.29, 1.82) is 0 Å². The van der Waals surface area contributed by atoms with Crippen molar-refractivity contribution in [3.8, 4) is 0 Å². The lowest BCUT2D eigenvalue weighted by Gasteiger charge is -2.13. The average molecular weight is 291 g/mol. The number of thioether (sulfide) groups is 1. The topological polar surface area (TPSA) is 29.1 Å². The van der Waals surface area contributed by atoms with Gasteiger partial charge >= 0.3 is 0 Å². The highest BCUT2D eigenvalue weighted by Crippen LogP contribution is 2.27. The van der Waals surface area contributed by atoms with E-state index in [1.807, 2.05) is 0 Å². The van der Waals surface area contributed by atoms with Crippen LogP contribution in [0.25, 0.3) is 0 Å². The highest BCUT2D eigenvalue weighted by atomic mass is 32.2. The summed E-state index contributed by atoms with van der Waals surface area (Å²) in [7, 11) is 0. The lowest BCUT2D eigenvalue weighted by Crippen LogP contribution is -2.30. The van der Waals surface area contributed by atoms with Crippen molar-refractivity contribution in [3.63, 3.8) is 0 Å². The number of hydrogen-bond acceptors (Lipinski definition) is 2. The summed E-state index contributed by atoms with van der Waals surface area (Å²) >= 11 is 1.65. The number of aryl methyl sites for hydroxylation is 2. The van der Waals surface area contributed by atoms with E-state index in [2.05, 4.69) is 37.4 Å². The van der Waals surface area contributed by atoms with Gasteiger partial charge < -0.3 is 5.32 Å². The summed E-state index contributed by atoms with van der Waals surface area (Å²) in [6, 6.07) is 6.65. The average Bonchev–Trinajstić information content (AvgIpc) is 2.93. The molecular weight excluding hydrogens is 266 g/mol. The van der Waals surface area contributed by atoms with E-state index in [4.69, 9.17) is 0 Å². The Kier molecular flexibility index (Phi) is 5.96. The fraction of sp³-hybridized carbons (Fsp3) is 0.588. The molecule has 1 aromatic carbocycles. The van der Waals surface area contributed by atoms with Crippen LogP contribution >= 0.6 is 11.8 Å². The van der Waals surface area contributed by atoms with Gasteiger partial charge in [-0.2, -0.15) is 0 Å². The molecule has 20 heavy (non-hydrogen) atoms. The molecule has 1 N–H and O–H groups in total. The zero-order valence-electron chi connectivity index (χ0n) is 12.6. The zero-order valence-corrected chi connectivity index (χ0v) is 13.4. The Morgan fingerprint density at radius 2 is 2.00 bits per heavy atom. The van der Waals surface area contributed by atoms with E-state index in [0.29, 0.717) is 11.7 Å². The molecular formula is C17H25NOS.